The van der Waals surface area contributed by atoms with Crippen LogP contribution in [0.5, 0.6) is 5.75 Å². The maximum absolute atomic E-state index is 12.7. The predicted molar refractivity (Wildman–Crippen MR) is 113 cm³/mol. The summed E-state index contributed by atoms with van der Waals surface area (Å²) < 4.78 is 12.4. The van der Waals surface area contributed by atoms with Crippen molar-refractivity contribution < 1.29 is 14.0 Å². The van der Waals surface area contributed by atoms with Crippen LogP contribution in [0.1, 0.15) is 27.7 Å². The minimum Gasteiger partial charge on any atom is -0.476 e. The van der Waals surface area contributed by atoms with E-state index in [4.69, 9.17) is 9.16 Å². The fourth-order valence-electron chi connectivity index (χ4n) is 2.95. The molecule has 4 nitrogen and oxygen atoms in total. The monoisotopic (exact) mass is 383 g/mol. The van der Waals surface area contributed by atoms with Crippen molar-refractivity contribution >= 4 is 19.9 Å². The molecule has 5 heteroatoms. The molecule has 1 aliphatic heterocycles. The quantitative estimate of drug-likeness (QED) is 0.713. The van der Waals surface area contributed by atoms with Gasteiger partial charge in [0.2, 0.25) is 6.10 Å². The Morgan fingerprint density at radius 3 is 2.37 bits per heavy atom. The Bertz CT molecular complexity index is 827. The Hall–Kier alpha value is -2.11. The molecule has 2 unspecified atom stereocenters. The van der Waals surface area contributed by atoms with Gasteiger partial charge < -0.3 is 14.5 Å². The zero-order valence-corrected chi connectivity index (χ0v) is 18.0. The minimum atomic E-state index is -1.99. The predicted octanol–water partition coefficient (Wildman–Crippen LogP) is 5.46. The van der Waals surface area contributed by atoms with Crippen LogP contribution in [0.25, 0.3) is 11.1 Å². The largest absolute Gasteiger partial charge is 0.476 e. The van der Waals surface area contributed by atoms with Crippen LogP contribution in [0.4, 0.5) is 5.69 Å². The molecule has 0 aliphatic carbocycles. The number of ether oxygens (including phenoxy) is 1. The van der Waals surface area contributed by atoms with Crippen molar-refractivity contribution in [3.05, 3.63) is 48.5 Å². The molecule has 0 aromatic heterocycles. The van der Waals surface area contributed by atoms with Crippen LogP contribution < -0.4 is 10.1 Å². The Kier molecular flexibility index (Phi) is 5.19. The topological polar surface area (TPSA) is 47.6 Å². The highest BCUT2D eigenvalue weighted by atomic mass is 28.4. The van der Waals surface area contributed by atoms with Gasteiger partial charge in [0, 0.05) is 0 Å². The molecule has 1 amide bonds. The highest BCUT2D eigenvalue weighted by molar-refractivity contribution is 6.74. The van der Waals surface area contributed by atoms with Gasteiger partial charge in [-0.1, -0.05) is 57.2 Å². The van der Waals surface area contributed by atoms with Crippen molar-refractivity contribution in [1.29, 1.82) is 0 Å². The Morgan fingerprint density at radius 2 is 1.74 bits per heavy atom. The van der Waals surface area contributed by atoms with Gasteiger partial charge in [0.25, 0.3) is 5.91 Å². The van der Waals surface area contributed by atoms with Crippen molar-refractivity contribution in [2.45, 2.75) is 58.0 Å². The van der Waals surface area contributed by atoms with Crippen LogP contribution in [-0.2, 0) is 9.22 Å². The molecular formula is C22H29NO3Si. The van der Waals surface area contributed by atoms with Gasteiger partial charge in [-0.2, -0.15) is 0 Å². The highest BCUT2D eigenvalue weighted by Gasteiger charge is 2.42. The lowest BCUT2D eigenvalue weighted by atomic mass is 10.0. The fourth-order valence-corrected chi connectivity index (χ4v) is 4.35. The lowest BCUT2D eigenvalue weighted by molar-refractivity contribution is -0.127. The summed E-state index contributed by atoms with van der Waals surface area (Å²) >= 11 is 0. The second-order valence-electron chi connectivity index (χ2n) is 8.69. The second-order valence-corrected chi connectivity index (χ2v) is 13.4. The molecule has 0 spiro atoms. The zero-order valence-electron chi connectivity index (χ0n) is 17.0. The van der Waals surface area contributed by atoms with Crippen molar-refractivity contribution in [2.75, 3.05) is 5.32 Å². The minimum absolute atomic E-state index is 0.0783. The number of carbonyl (C=O) groups excluding carboxylic acids is 1. The number of anilines is 1. The van der Waals surface area contributed by atoms with Crippen molar-refractivity contribution in [1.82, 2.24) is 0 Å². The number of amides is 1. The van der Waals surface area contributed by atoms with Gasteiger partial charge in [-0.3, -0.25) is 4.79 Å². The third-order valence-electron chi connectivity index (χ3n) is 5.57. The molecule has 0 bridgehead atoms. The van der Waals surface area contributed by atoms with E-state index in [2.05, 4.69) is 39.2 Å². The molecule has 0 saturated carbocycles. The van der Waals surface area contributed by atoms with Crippen molar-refractivity contribution in [3.8, 4) is 16.9 Å². The summed E-state index contributed by atoms with van der Waals surface area (Å²) in [6.45, 7) is 12.9. The standard InChI is InChI=1S/C22H29NO3Si/c1-15(26-27(5,6)22(2,3)4)20-21(24)23-18-14-17(12-13-19(18)25-20)16-10-8-7-9-11-16/h7-15,20H,1-6H3,(H,23,24). The number of hydrogen-bond donors (Lipinski definition) is 1. The number of carbonyl (C=O) groups is 1. The van der Waals surface area contributed by atoms with Crippen molar-refractivity contribution in [3.63, 3.8) is 0 Å². The second kappa shape index (κ2) is 7.13. The number of rotatable bonds is 4. The molecule has 2 aromatic carbocycles. The number of hydrogen-bond acceptors (Lipinski definition) is 3. The third kappa shape index (κ3) is 4.09. The third-order valence-corrected chi connectivity index (χ3v) is 10.1. The maximum Gasteiger partial charge on any atom is 0.268 e. The first-order chi connectivity index (χ1) is 12.6. The first-order valence-corrected chi connectivity index (χ1v) is 12.3. The van der Waals surface area contributed by atoms with Gasteiger partial charge >= 0.3 is 0 Å². The maximum atomic E-state index is 12.7. The summed E-state index contributed by atoms with van der Waals surface area (Å²) in [4.78, 5) is 12.7. The molecule has 1 N–H and O–H groups in total. The average Bonchev–Trinajstić information content (AvgIpc) is 2.60. The number of fused-ring (bicyclic) bond motifs is 1. The van der Waals surface area contributed by atoms with Crippen LogP contribution in [-0.4, -0.2) is 26.4 Å². The molecular weight excluding hydrogens is 354 g/mol. The smallest absolute Gasteiger partial charge is 0.268 e. The van der Waals surface area contributed by atoms with E-state index in [1.54, 1.807) is 0 Å². The van der Waals surface area contributed by atoms with Gasteiger partial charge in [0.15, 0.2) is 8.32 Å². The summed E-state index contributed by atoms with van der Waals surface area (Å²) in [5, 5.41) is 3.08. The average molecular weight is 384 g/mol. The Labute approximate surface area is 163 Å². The first-order valence-electron chi connectivity index (χ1n) is 9.43. The first kappa shape index (κ1) is 19.6. The number of benzene rings is 2. The summed E-state index contributed by atoms with van der Waals surface area (Å²) in [7, 11) is -1.99. The molecule has 27 heavy (non-hydrogen) atoms. The molecule has 2 atom stereocenters. The van der Waals surface area contributed by atoms with E-state index in [9.17, 15) is 4.79 Å². The molecule has 0 fully saturated rings. The van der Waals surface area contributed by atoms with E-state index in [0.29, 0.717) is 11.4 Å². The molecule has 144 valence electrons. The summed E-state index contributed by atoms with van der Waals surface area (Å²) in [6.07, 6.45) is -0.956. The Balaban J connectivity index is 1.80. The summed E-state index contributed by atoms with van der Waals surface area (Å²) in [6, 6.07) is 16.0. The van der Waals surface area contributed by atoms with Gasteiger partial charge in [-0.15, -0.1) is 0 Å². The van der Waals surface area contributed by atoms with Crippen LogP contribution in [0.3, 0.4) is 0 Å². The van der Waals surface area contributed by atoms with Crippen LogP contribution >= 0.6 is 0 Å². The lowest BCUT2D eigenvalue weighted by Crippen LogP contribution is -2.51. The zero-order chi connectivity index (χ0) is 19.8. The highest BCUT2D eigenvalue weighted by Crippen LogP contribution is 2.39. The Morgan fingerprint density at radius 1 is 1.07 bits per heavy atom. The van der Waals surface area contributed by atoms with E-state index < -0.39 is 14.4 Å². The molecule has 0 saturated heterocycles. The van der Waals surface area contributed by atoms with Crippen LogP contribution in [0, 0.1) is 0 Å². The van der Waals surface area contributed by atoms with Gasteiger partial charge in [-0.25, -0.2) is 0 Å². The molecule has 1 heterocycles. The van der Waals surface area contributed by atoms with E-state index >= 15 is 0 Å². The van der Waals surface area contributed by atoms with E-state index in [1.807, 2.05) is 55.5 Å². The normalized spacial score (nSPS) is 18.3. The fraction of sp³-hybridized carbons (Fsp3) is 0.409. The molecule has 0 radical (unpaired) electrons. The molecule has 1 aliphatic rings. The van der Waals surface area contributed by atoms with Crippen LogP contribution in [0.2, 0.25) is 18.1 Å². The summed E-state index contributed by atoms with van der Waals surface area (Å²) in [5.41, 5.74) is 2.85. The molecule has 2 aromatic rings. The van der Waals surface area contributed by atoms with Gasteiger partial charge in [0.1, 0.15) is 5.75 Å². The van der Waals surface area contributed by atoms with Gasteiger partial charge in [0.05, 0.1) is 11.8 Å². The van der Waals surface area contributed by atoms with E-state index in [-0.39, 0.29) is 17.0 Å². The van der Waals surface area contributed by atoms with Crippen molar-refractivity contribution in [2.24, 2.45) is 0 Å². The van der Waals surface area contributed by atoms with Gasteiger partial charge in [-0.05, 0) is 48.3 Å². The van der Waals surface area contributed by atoms with E-state index in [1.165, 1.54) is 0 Å². The van der Waals surface area contributed by atoms with Crippen LogP contribution in [0.15, 0.2) is 48.5 Å². The number of nitrogens with one attached hydrogen (secondary N) is 1. The molecule has 3 rings (SSSR count). The van der Waals surface area contributed by atoms with E-state index in [0.717, 1.165) is 11.1 Å². The lowest BCUT2D eigenvalue weighted by Gasteiger charge is -2.40. The SMILES string of the molecule is CC(O[Si](C)(C)C(C)(C)C)C1Oc2ccc(-c3ccccc3)cc2NC1=O. The summed E-state index contributed by atoms with van der Waals surface area (Å²) in [5.74, 6) is 0.531.